The summed E-state index contributed by atoms with van der Waals surface area (Å²) in [7, 11) is 1.50. The van der Waals surface area contributed by atoms with E-state index in [1.54, 1.807) is 30.5 Å². The van der Waals surface area contributed by atoms with Crippen molar-refractivity contribution in [3.63, 3.8) is 0 Å². The Kier molecular flexibility index (Phi) is 7.76. The minimum atomic E-state index is -0.678. The number of rotatable bonds is 10. The van der Waals surface area contributed by atoms with E-state index in [0.717, 1.165) is 26.1 Å². The van der Waals surface area contributed by atoms with Crippen molar-refractivity contribution in [2.24, 2.45) is 5.73 Å². The SMILES string of the molecule is COc1c(Nc2cc(NC=O)ncc2C(N)=O)cccc1C(=N)/C=C\NC1CCOCC1. The summed E-state index contributed by atoms with van der Waals surface area (Å²) in [5.74, 6) is -0.00883. The van der Waals surface area contributed by atoms with Crippen molar-refractivity contribution < 1.29 is 19.1 Å². The van der Waals surface area contributed by atoms with Gasteiger partial charge in [0.25, 0.3) is 5.91 Å². The van der Waals surface area contributed by atoms with Gasteiger partial charge in [-0.15, -0.1) is 0 Å². The molecule has 0 saturated carbocycles. The number of ether oxygens (including phenoxy) is 2. The lowest BCUT2D eigenvalue weighted by Crippen LogP contribution is -2.31. The molecule has 1 aliphatic heterocycles. The molecule has 168 valence electrons. The number of amides is 2. The average molecular weight is 438 g/mol. The van der Waals surface area contributed by atoms with Crippen molar-refractivity contribution in [3.8, 4) is 5.75 Å². The van der Waals surface area contributed by atoms with E-state index in [1.807, 2.05) is 0 Å². The van der Waals surface area contributed by atoms with Crippen LogP contribution in [0.4, 0.5) is 17.2 Å². The van der Waals surface area contributed by atoms with Gasteiger partial charge in [0.2, 0.25) is 6.41 Å². The molecule has 1 saturated heterocycles. The molecular weight excluding hydrogens is 412 g/mol. The highest BCUT2D eigenvalue weighted by molar-refractivity contribution is 6.09. The average Bonchev–Trinajstić information content (AvgIpc) is 2.79. The quantitative estimate of drug-likeness (QED) is 0.281. The van der Waals surface area contributed by atoms with Crippen LogP contribution in [0.25, 0.3) is 0 Å². The number of methoxy groups -OCH3 is 1. The second-order valence-corrected chi connectivity index (χ2v) is 7.05. The molecule has 10 nitrogen and oxygen atoms in total. The van der Waals surface area contributed by atoms with E-state index in [0.29, 0.717) is 35.1 Å². The molecule has 2 amide bonds. The molecule has 0 aliphatic carbocycles. The van der Waals surface area contributed by atoms with Crippen molar-refractivity contribution in [1.29, 1.82) is 5.41 Å². The molecule has 6 N–H and O–H groups in total. The third kappa shape index (κ3) is 5.61. The van der Waals surface area contributed by atoms with Crippen LogP contribution in [0.3, 0.4) is 0 Å². The molecule has 0 radical (unpaired) electrons. The highest BCUT2D eigenvalue weighted by atomic mass is 16.5. The maximum atomic E-state index is 11.8. The zero-order chi connectivity index (χ0) is 22.9. The first-order chi connectivity index (χ1) is 15.5. The van der Waals surface area contributed by atoms with Crippen molar-refractivity contribution in [3.05, 3.63) is 53.9 Å². The normalized spacial score (nSPS) is 14.0. The lowest BCUT2D eigenvalue weighted by molar-refractivity contribution is -0.105. The number of anilines is 3. The molecule has 0 unspecified atom stereocenters. The lowest BCUT2D eigenvalue weighted by atomic mass is 10.1. The van der Waals surface area contributed by atoms with Gasteiger partial charge in [-0.1, -0.05) is 6.07 Å². The van der Waals surface area contributed by atoms with Crippen LogP contribution < -0.4 is 26.4 Å². The number of hydrogen-bond donors (Lipinski definition) is 5. The van der Waals surface area contributed by atoms with Gasteiger partial charge in [-0.3, -0.25) is 9.59 Å². The molecular formula is C22H26N6O4. The van der Waals surface area contributed by atoms with Gasteiger partial charge >= 0.3 is 0 Å². The molecule has 10 heteroatoms. The fraction of sp³-hybridized carbons (Fsp3) is 0.273. The highest BCUT2D eigenvalue weighted by Gasteiger charge is 2.16. The predicted octanol–water partition coefficient (Wildman–Crippen LogP) is 2.15. The van der Waals surface area contributed by atoms with E-state index in [9.17, 15) is 9.59 Å². The molecule has 1 aliphatic rings. The molecule has 1 aromatic carbocycles. The van der Waals surface area contributed by atoms with Crippen LogP contribution >= 0.6 is 0 Å². The summed E-state index contributed by atoms with van der Waals surface area (Å²) < 4.78 is 10.9. The first kappa shape index (κ1) is 22.8. The Morgan fingerprint density at radius 3 is 2.75 bits per heavy atom. The van der Waals surface area contributed by atoms with Crippen LogP contribution in [-0.4, -0.2) is 49.4 Å². The van der Waals surface area contributed by atoms with Gasteiger partial charge in [0.15, 0.2) is 5.75 Å². The lowest BCUT2D eigenvalue weighted by Gasteiger charge is -2.22. The summed E-state index contributed by atoms with van der Waals surface area (Å²) in [4.78, 5) is 26.5. The fourth-order valence-corrected chi connectivity index (χ4v) is 3.33. The molecule has 3 rings (SSSR count). The van der Waals surface area contributed by atoms with E-state index in [4.69, 9.17) is 20.6 Å². The van der Waals surface area contributed by atoms with Crippen molar-refractivity contribution in [2.75, 3.05) is 31.0 Å². The number of primary amides is 1. The highest BCUT2D eigenvalue weighted by Crippen LogP contribution is 2.33. The smallest absolute Gasteiger partial charge is 0.252 e. The topological polar surface area (TPSA) is 151 Å². The molecule has 0 spiro atoms. The van der Waals surface area contributed by atoms with Crippen LogP contribution in [0.5, 0.6) is 5.75 Å². The van der Waals surface area contributed by atoms with E-state index in [1.165, 1.54) is 19.4 Å². The largest absolute Gasteiger partial charge is 0.494 e. The first-order valence-electron chi connectivity index (χ1n) is 10.1. The summed E-state index contributed by atoms with van der Waals surface area (Å²) >= 11 is 0. The number of nitrogens with zero attached hydrogens (tertiary/aromatic N) is 1. The maximum absolute atomic E-state index is 11.8. The third-order valence-electron chi connectivity index (χ3n) is 4.96. The van der Waals surface area contributed by atoms with Crippen molar-refractivity contribution >= 4 is 35.2 Å². The number of nitrogens with one attached hydrogen (secondary N) is 4. The van der Waals surface area contributed by atoms with Crippen LogP contribution in [0.2, 0.25) is 0 Å². The Morgan fingerprint density at radius 2 is 2.06 bits per heavy atom. The van der Waals surface area contributed by atoms with E-state index < -0.39 is 5.91 Å². The number of allylic oxidation sites excluding steroid dienone is 1. The van der Waals surface area contributed by atoms with Crippen LogP contribution in [0.15, 0.2) is 42.7 Å². The summed E-state index contributed by atoms with van der Waals surface area (Å²) in [6.07, 6.45) is 7.05. The number of carbonyl (C=O) groups excluding carboxylic acids is 2. The van der Waals surface area contributed by atoms with Crippen LogP contribution in [-0.2, 0) is 9.53 Å². The Hall–Kier alpha value is -3.92. The molecule has 1 aromatic heterocycles. The van der Waals surface area contributed by atoms with Crippen LogP contribution in [0, 0.1) is 5.41 Å². The van der Waals surface area contributed by atoms with Crippen molar-refractivity contribution in [1.82, 2.24) is 10.3 Å². The van der Waals surface area contributed by atoms with Gasteiger partial charge in [0.1, 0.15) is 5.82 Å². The predicted molar refractivity (Wildman–Crippen MR) is 122 cm³/mol. The number of aromatic nitrogens is 1. The second kappa shape index (κ2) is 10.9. The molecule has 0 bridgehead atoms. The maximum Gasteiger partial charge on any atom is 0.252 e. The molecule has 1 fully saturated rings. The number of benzene rings is 1. The molecule has 32 heavy (non-hydrogen) atoms. The first-order valence-corrected chi connectivity index (χ1v) is 10.1. The fourth-order valence-electron chi connectivity index (χ4n) is 3.33. The second-order valence-electron chi connectivity index (χ2n) is 7.05. The monoisotopic (exact) mass is 438 g/mol. The van der Waals surface area contributed by atoms with E-state index in [-0.39, 0.29) is 17.1 Å². The molecule has 0 atom stereocenters. The van der Waals surface area contributed by atoms with Gasteiger partial charge in [0, 0.05) is 37.1 Å². The summed E-state index contributed by atoms with van der Waals surface area (Å²) in [6, 6.07) is 7.10. The van der Waals surface area contributed by atoms with Crippen molar-refractivity contribution in [2.45, 2.75) is 18.9 Å². The Balaban J connectivity index is 1.84. The number of para-hydroxylation sites is 1. The third-order valence-corrected chi connectivity index (χ3v) is 4.96. The standard InChI is InChI=1S/C22H26N6O4/c1-31-21-15(17(23)5-8-25-14-6-9-32-10-7-14)3-2-4-18(21)28-19-11-20(27-13-29)26-12-16(19)22(24)30/h2-5,8,11-14,23,25H,6-7,9-10H2,1H3,(H2,24,30)(H2,26,27,28,29)/b8-5-,23-17?. The van der Waals surface area contributed by atoms with Gasteiger partial charge in [-0.05, 0) is 37.3 Å². The van der Waals surface area contributed by atoms with Gasteiger partial charge < -0.3 is 36.6 Å². The van der Waals surface area contributed by atoms with Crippen LogP contribution in [0.1, 0.15) is 28.8 Å². The summed E-state index contributed by atoms with van der Waals surface area (Å²) in [5.41, 5.74) is 7.27. The molecule has 2 heterocycles. The Morgan fingerprint density at radius 1 is 1.28 bits per heavy atom. The summed E-state index contributed by atoms with van der Waals surface area (Å²) in [6.45, 7) is 1.47. The number of nitrogens with two attached hydrogens (primary N) is 1. The Labute approximate surface area is 185 Å². The van der Waals surface area contributed by atoms with Gasteiger partial charge in [0.05, 0.1) is 29.8 Å². The van der Waals surface area contributed by atoms with Gasteiger partial charge in [-0.2, -0.15) is 0 Å². The molecule has 2 aromatic rings. The number of hydrogen-bond acceptors (Lipinski definition) is 8. The zero-order valence-electron chi connectivity index (χ0n) is 17.7. The minimum Gasteiger partial charge on any atom is -0.494 e. The van der Waals surface area contributed by atoms with Gasteiger partial charge in [-0.25, -0.2) is 4.98 Å². The minimum absolute atomic E-state index is 0.143. The van der Waals surface area contributed by atoms with E-state index in [2.05, 4.69) is 20.9 Å². The number of pyridine rings is 1. The number of carbonyl (C=O) groups is 2. The zero-order valence-corrected chi connectivity index (χ0v) is 17.7. The summed E-state index contributed by atoms with van der Waals surface area (Å²) in [5, 5.41) is 17.3. The Bertz CT molecular complexity index is 1020. The van der Waals surface area contributed by atoms with E-state index >= 15 is 0 Å².